The number of ether oxygens (including phenoxy) is 1. The fraction of sp³-hybridized carbons (Fsp3) is 1.00. The fourth-order valence-electron chi connectivity index (χ4n) is 1.13. The maximum absolute atomic E-state index is 9.31. The summed E-state index contributed by atoms with van der Waals surface area (Å²) >= 11 is 0. The average molecular weight is 159 g/mol. The van der Waals surface area contributed by atoms with Crippen LogP contribution in [0.4, 0.5) is 0 Å². The second-order valence-electron chi connectivity index (χ2n) is 3.49. The zero-order valence-corrected chi connectivity index (χ0v) is 7.21. The van der Waals surface area contributed by atoms with Crippen LogP contribution in [0.25, 0.3) is 0 Å². The minimum atomic E-state index is -0.311. The predicted octanol–water partition coefficient (Wildman–Crippen LogP) is -0.00830. The van der Waals surface area contributed by atoms with E-state index in [0.29, 0.717) is 12.5 Å². The van der Waals surface area contributed by atoms with Gasteiger partial charge in [0.1, 0.15) is 0 Å². The van der Waals surface area contributed by atoms with Crippen molar-refractivity contribution in [3.05, 3.63) is 0 Å². The Labute approximate surface area is 67.7 Å². The first-order chi connectivity index (χ1) is 5.20. The molecule has 2 unspecified atom stereocenters. The number of β-amino-alcohol motifs (C(OH)–C–C–N with tert-alkyl or cyclic N) is 1. The summed E-state index contributed by atoms with van der Waals surface area (Å²) in [6.07, 6.45) is -0.300. The molecule has 3 heteroatoms. The minimum Gasteiger partial charge on any atom is -0.389 e. The van der Waals surface area contributed by atoms with Crippen LogP contribution < -0.4 is 5.32 Å². The molecule has 0 aliphatic carbocycles. The van der Waals surface area contributed by atoms with Crippen LogP contribution in [0.15, 0.2) is 0 Å². The van der Waals surface area contributed by atoms with Gasteiger partial charge >= 0.3 is 0 Å². The highest BCUT2D eigenvalue weighted by molar-refractivity contribution is 4.81. The first-order valence-corrected chi connectivity index (χ1v) is 4.20. The lowest BCUT2D eigenvalue weighted by atomic mass is 10.2. The Morgan fingerprint density at radius 3 is 2.73 bits per heavy atom. The van der Waals surface area contributed by atoms with Crippen molar-refractivity contribution < 1.29 is 9.84 Å². The van der Waals surface area contributed by atoms with Crippen molar-refractivity contribution in [3.8, 4) is 0 Å². The molecule has 1 saturated heterocycles. The molecular formula is C8H17NO2. The molecule has 1 heterocycles. The van der Waals surface area contributed by atoms with Gasteiger partial charge in [0.05, 0.1) is 12.2 Å². The molecule has 0 bridgehead atoms. The molecule has 0 saturated carbocycles. The van der Waals surface area contributed by atoms with Crippen LogP contribution in [0.3, 0.4) is 0 Å². The molecule has 0 radical (unpaired) electrons. The molecule has 2 atom stereocenters. The largest absolute Gasteiger partial charge is 0.389 e. The molecule has 3 nitrogen and oxygen atoms in total. The van der Waals surface area contributed by atoms with Crippen LogP contribution in [0, 0.1) is 5.92 Å². The number of aliphatic hydroxyl groups excluding tert-OH is 1. The van der Waals surface area contributed by atoms with Crippen molar-refractivity contribution in [1.29, 1.82) is 0 Å². The van der Waals surface area contributed by atoms with E-state index < -0.39 is 0 Å². The zero-order valence-electron chi connectivity index (χ0n) is 7.21. The number of hydrogen-bond acceptors (Lipinski definition) is 3. The van der Waals surface area contributed by atoms with E-state index in [0.717, 1.165) is 13.2 Å². The van der Waals surface area contributed by atoms with Crippen LogP contribution in [0.5, 0.6) is 0 Å². The number of hydrogen-bond donors (Lipinski definition) is 2. The van der Waals surface area contributed by atoms with Gasteiger partial charge in [0.2, 0.25) is 0 Å². The third kappa shape index (κ3) is 2.77. The quantitative estimate of drug-likeness (QED) is 0.608. The lowest BCUT2D eigenvalue weighted by Gasteiger charge is -2.15. The number of aliphatic hydroxyl groups is 1. The van der Waals surface area contributed by atoms with Gasteiger partial charge in [-0.25, -0.2) is 0 Å². The van der Waals surface area contributed by atoms with Crippen LogP contribution in [0.2, 0.25) is 0 Å². The van der Waals surface area contributed by atoms with E-state index in [-0.39, 0.29) is 12.2 Å². The Kier molecular flexibility index (Phi) is 3.30. The molecule has 0 aromatic heterocycles. The van der Waals surface area contributed by atoms with Gasteiger partial charge in [-0.3, -0.25) is 0 Å². The van der Waals surface area contributed by atoms with Crippen LogP contribution in [0.1, 0.15) is 13.8 Å². The lowest BCUT2D eigenvalue weighted by Crippen LogP contribution is -2.28. The van der Waals surface area contributed by atoms with E-state index >= 15 is 0 Å². The van der Waals surface area contributed by atoms with E-state index in [4.69, 9.17) is 4.74 Å². The van der Waals surface area contributed by atoms with E-state index in [1.54, 1.807) is 0 Å². The smallest absolute Gasteiger partial charge is 0.0970 e. The van der Waals surface area contributed by atoms with E-state index in [1.807, 2.05) is 0 Å². The van der Waals surface area contributed by atoms with E-state index in [2.05, 4.69) is 19.2 Å². The minimum absolute atomic E-state index is 0.0115. The highest BCUT2D eigenvalue weighted by Gasteiger charge is 2.25. The summed E-state index contributed by atoms with van der Waals surface area (Å²) in [4.78, 5) is 0. The second-order valence-corrected chi connectivity index (χ2v) is 3.49. The Morgan fingerprint density at radius 1 is 1.55 bits per heavy atom. The maximum Gasteiger partial charge on any atom is 0.0970 e. The average Bonchev–Trinajstić information content (AvgIpc) is 2.31. The van der Waals surface area contributed by atoms with Crippen molar-refractivity contribution in [3.63, 3.8) is 0 Å². The summed E-state index contributed by atoms with van der Waals surface area (Å²) in [6, 6.07) is 0. The number of nitrogens with one attached hydrogen (secondary N) is 1. The van der Waals surface area contributed by atoms with E-state index in [9.17, 15) is 5.11 Å². The topological polar surface area (TPSA) is 41.5 Å². The summed E-state index contributed by atoms with van der Waals surface area (Å²) in [7, 11) is 0. The summed E-state index contributed by atoms with van der Waals surface area (Å²) < 4.78 is 5.46. The summed E-state index contributed by atoms with van der Waals surface area (Å²) in [6.45, 7) is 6.41. The summed E-state index contributed by atoms with van der Waals surface area (Å²) in [5.41, 5.74) is 0. The normalized spacial score (nSPS) is 31.6. The first-order valence-electron chi connectivity index (χ1n) is 4.20. The molecule has 1 aliphatic heterocycles. The van der Waals surface area contributed by atoms with Crippen molar-refractivity contribution in [2.24, 2.45) is 5.92 Å². The Bertz CT molecular complexity index is 117. The Hall–Kier alpha value is -0.120. The molecule has 2 N–H and O–H groups in total. The van der Waals surface area contributed by atoms with Crippen molar-refractivity contribution in [2.75, 3.05) is 19.7 Å². The lowest BCUT2D eigenvalue weighted by molar-refractivity contribution is -0.0182. The highest BCUT2D eigenvalue weighted by Crippen LogP contribution is 2.06. The SMILES string of the molecule is CC(C)COC1CNCC1O. The molecule has 11 heavy (non-hydrogen) atoms. The molecular weight excluding hydrogens is 142 g/mol. The summed E-state index contributed by atoms with van der Waals surface area (Å²) in [5.74, 6) is 0.544. The second kappa shape index (κ2) is 4.04. The molecule has 0 aromatic carbocycles. The third-order valence-corrected chi connectivity index (χ3v) is 1.77. The van der Waals surface area contributed by atoms with Crippen molar-refractivity contribution >= 4 is 0 Å². The van der Waals surface area contributed by atoms with Crippen LogP contribution >= 0.6 is 0 Å². The monoisotopic (exact) mass is 159 g/mol. The van der Waals surface area contributed by atoms with E-state index in [1.165, 1.54) is 0 Å². The Morgan fingerprint density at radius 2 is 2.27 bits per heavy atom. The molecule has 1 fully saturated rings. The van der Waals surface area contributed by atoms with Crippen LogP contribution in [-0.4, -0.2) is 37.0 Å². The molecule has 0 aromatic rings. The van der Waals surface area contributed by atoms with Gasteiger partial charge in [0.25, 0.3) is 0 Å². The maximum atomic E-state index is 9.31. The van der Waals surface area contributed by atoms with Gasteiger partial charge in [0, 0.05) is 19.7 Å². The van der Waals surface area contributed by atoms with Gasteiger partial charge in [-0.2, -0.15) is 0 Å². The van der Waals surface area contributed by atoms with Gasteiger partial charge in [-0.1, -0.05) is 13.8 Å². The molecule has 0 amide bonds. The van der Waals surface area contributed by atoms with Crippen molar-refractivity contribution in [1.82, 2.24) is 5.32 Å². The third-order valence-electron chi connectivity index (χ3n) is 1.77. The summed E-state index contributed by atoms with van der Waals surface area (Å²) in [5, 5.41) is 12.4. The van der Waals surface area contributed by atoms with Crippen molar-refractivity contribution in [2.45, 2.75) is 26.1 Å². The predicted molar refractivity (Wildman–Crippen MR) is 43.5 cm³/mol. The molecule has 1 rings (SSSR count). The van der Waals surface area contributed by atoms with Gasteiger partial charge < -0.3 is 15.2 Å². The Balaban J connectivity index is 2.15. The fourth-order valence-corrected chi connectivity index (χ4v) is 1.13. The molecule has 0 spiro atoms. The van der Waals surface area contributed by atoms with Gasteiger partial charge in [0.15, 0.2) is 0 Å². The highest BCUT2D eigenvalue weighted by atomic mass is 16.5. The van der Waals surface area contributed by atoms with Gasteiger partial charge in [-0.05, 0) is 5.92 Å². The standard InChI is InChI=1S/C8H17NO2/c1-6(2)5-11-8-4-9-3-7(8)10/h6-10H,3-5H2,1-2H3. The number of rotatable bonds is 3. The zero-order chi connectivity index (χ0) is 8.27. The molecule has 66 valence electrons. The molecule has 1 aliphatic rings. The van der Waals surface area contributed by atoms with Crippen LogP contribution in [-0.2, 0) is 4.74 Å². The van der Waals surface area contributed by atoms with Gasteiger partial charge in [-0.15, -0.1) is 0 Å². The first kappa shape index (κ1) is 8.97.